The number of rotatable bonds is 5. The molecule has 0 aliphatic carbocycles. The smallest absolute Gasteiger partial charge is 0.416 e. The monoisotopic (exact) mass is 508 g/mol. The van der Waals surface area contributed by atoms with Gasteiger partial charge in [-0.1, -0.05) is 6.07 Å². The van der Waals surface area contributed by atoms with Crippen molar-refractivity contribution in [1.82, 2.24) is 20.2 Å². The summed E-state index contributed by atoms with van der Waals surface area (Å²) in [4.78, 5) is 21.1. The predicted molar refractivity (Wildman–Crippen MR) is 128 cm³/mol. The van der Waals surface area contributed by atoms with Crippen molar-refractivity contribution in [2.75, 3.05) is 10.6 Å². The number of alkyl halides is 3. The summed E-state index contributed by atoms with van der Waals surface area (Å²) in [6, 6.07) is 12.0. The maximum Gasteiger partial charge on any atom is 0.416 e. The van der Waals surface area contributed by atoms with Crippen LogP contribution in [0, 0.1) is 5.82 Å². The largest absolute Gasteiger partial charge is 0.454 e. The number of halogens is 4. The van der Waals surface area contributed by atoms with Gasteiger partial charge in [0.05, 0.1) is 34.7 Å². The van der Waals surface area contributed by atoms with Gasteiger partial charge in [-0.15, -0.1) is 0 Å². The lowest BCUT2D eigenvalue weighted by molar-refractivity contribution is -0.137. The summed E-state index contributed by atoms with van der Waals surface area (Å²) in [7, 11) is 0. The van der Waals surface area contributed by atoms with Crippen molar-refractivity contribution in [3.63, 3.8) is 0 Å². The summed E-state index contributed by atoms with van der Waals surface area (Å²) in [5.41, 5.74) is 1.60. The number of ether oxygens (including phenoxy) is 1. The van der Waals surface area contributed by atoms with Crippen LogP contribution in [0.5, 0.6) is 11.5 Å². The molecule has 5 aromatic rings. The molecule has 37 heavy (non-hydrogen) atoms. The lowest BCUT2D eigenvalue weighted by atomic mass is 10.2. The van der Waals surface area contributed by atoms with E-state index in [1.807, 2.05) is 0 Å². The molecule has 186 valence electrons. The first-order valence-electron chi connectivity index (χ1n) is 10.7. The number of aromatic amines is 1. The summed E-state index contributed by atoms with van der Waals surface area (Å²) in [6.45, 7) is 0. The van der Waals surface area contributed by atoms with Gasteiger partial charge in [0.1, 0.15) is 5.75 Å². The predicted octanol–water partition coefficient (Wildman–Crippen LogP) is 6.61. The van der Waals surface area contributed by atoms with Crippen LogP contribution in [0.4, 0.5) is 33.7 Å². The topological polar surface area (TPSA) is 105 Å². The highest BCUT2D eigenvalue weighted by Gasteiger charge is 2.30. The molecule has 0 bridgehead atoms. The van der Waals surface area contributed by atoms with Crippen molar-refractivity contribution in [2.45, 2.75) is 6.18 Å². The zero-order valence-corrected chi connectivity index (χ0v) is 18.7. The third-order valence-corrected chi connectivity index (χ3v) is 5.17. The number of nitrogens with one attached hydrogen (secondary N) is 3. The van der Waals surface area contributed by atoms with E-state index in [4.69, 9.17) is 4.74 Å². The van der Waals surface area contributed by atoms with Crippen LogP contribution >= 0.6 is 0 Å². The van der Waals surface area contributed by atoms with Gasteiger partial charge >= 0.3 is 12.2 Å². The normalized spacial score (nSPS) is 11.4. The summed E-state index contributed by atoms with van der Waals surface area (Å²) in [5, 5.41) is 11.3. The molecule has 0 fully saturated rings. The number of fused-ring (bicyclic) bond motifs is 1. The number of amides is 2. The van der Waals surface area contributed by atoms with Gasteiger partial charge in [0.2, 0.25) is 0 Å². The second-order valence-corrected chi connectivity index (χ2v) is 7.80. The molecule has 2 heterocycles. The van der Waals surface area contributed by atoms with Crippen molar-refractivity contribution in [1.29, 1.82) is 0 Å². The van der Waals surface area contributed by atoms with Crippen molar-refractivity contribution in [2.24, 2.45) is 0 Å². The van der Waals surface area contributed by atoms with E-state index >= 15 is 0 Å². The standard InChI is InChI=1S/C25H16F4N6O2/c26-19-9-17(34-24(36)33-16-3-1-2-15(8-16)25(27,28)29)4-7-23(19)37-18-5-6-20-21(10-18)35-22(13-30-20)14-11-31-32-12-14/h1-13H,(H,31,32)(H2,33,34,36). The minimum atomic E-state index is -4.55. The van der Waals surface area contributed by atoms with Crippen LogP contribution in [-0.4, -0.2) is 26.2 Å². The van der Waals surface area contributed by atoms with E-state index in [0.717, 1.165) is 23.8 Å². The van der Waals surface area contributed by atoms with Crippen molar-refractivity contribution >= 4 is 28.4 Å². The third-order valence-electron chi connectivity index (χ3n) is 5.17. The molecule has 2 aromatic heterocycles. The first-order chi connectivity index (χ1) is 17.7. The molecule has 0 radical (unpaired) electrons. The number of carbonyl (C=O) groups excluding carboxylic acids is 1. The van der Waals surface area contributed by atoms with Crippen molar-refractivity contribution in [3.05, 3.63) is 90.6 Å². The van der Waals surface area contributed by atoms with Crippen LogP contribution < -0.4 is 15.4 Å². The highest BCUT2D eigenvalue weighted by molar-refractivity contribution is 5.99. The summed E-state index contributed by atoms with van der Waals surface area (Å²) >= 11 is 0. The quantitative estimate of drug-likeness (QED) is 0.232. The van der Waals surface area contributed by atoms with E-state index in [1.165, 1.54) is 24.3 Å². The Bertz CT molecular complexity index is 1590. The van der Waals surface area contributed by atoms with Crippen LogP contribution in [0.15, 0.2) is 79.3 Å². The van der Waals surface area contributed by atoms with E-state index < -0.39 is 23.6 Å². The molecule has 5 rings (SSSR count). The van der Waals surface area contributed by atoms with Crippen molar-refractivity contribution in [3.8, 4) is 22.8 Å². The molecule has 3 N–H and O–H groups in total. The van der Waals surface area contributed by atoms with Crippen molar-refractivity contribution < 1.29 is 27.1 Å². The number of carbonyl (C=O) groups is 1. The molecule has 0 atom stereocenters. The van der Waals surface area contributed by atoms with E-state index in [-0.39, 0.29) is 17.1 Å². The Kier molecular flexibility index (Phi) is 6.14. The first-order valence-corrected chi connectivity index (χ1v) is 10.7. The number of nitrogens with zero attached hydrogens (tertiary/aromatic N) is 3. The van der Waals surface area contributed by atoms with E-state index in [9.17, 15) is 22.4 Å². The number of hydrogen-bond donors (Lipinski definition) is 3. The van der Waals surface area contributed by atoms with Crippen LogP contribution in [0.2, 0.25) is 0 Å². The fraction of sp³-hybridized carbons (Fsp3) is 0.0400. The highest BCUT2D eigenvalue weighted by Crippen LogP contribution is 2.31. The highest BCUT2D eigenvalue weighted by atomic mass is 19.4. The van der Waals surface area contributed by atoms with E-state index in [0.29, 0.717) is 22.5 Å². The molecular weight excluding hydrogens is 492 g/mol. The van der Waals surface area contributed by atoms with Gasteiger partial charge < -0.3 is 15.4 Å². The molecule has 3 aromatic carbocycles. The van der Waals surface area contributed by atoms with Gasteiger partial charge in [-0.2, -0.15) is 18.3 Å². The van der Waals surface area contributed by atoms with E-state index in [2.05, 4.69) is 30.8 Å². The van der Waals surface area contributed by atoms with Gasteiger partial charge in [0.25, 0.3) is 0 Å². The number of hydrogen-bond acceptors (Lipinski definition) is 5. The maximum absolute atomic E-state index is 14.7. The second kappa shape index (κ2) is 9.57. The average molecular weight is 508 g/mol. The number of anilines is 2. The average Bonchev–Trinajstić information content (AvgIpc) is 3.40. The molecule has 0 saturated carbocycles. The summed E-state index contributed by atoms with van der Waals surface area (Å²) in [6.07, 6.45) is 0.358. The number of H-pyrrole nitrogens is 1. The molecule has 0 saturated heterocycles. The van der Waals surface area contributed by atoms with Gasteiger partial charge in [0.15, 0.2) is 11.6 Å². The molecule has 0 aliphatic rings. The number of benzene rings is 3. The lowest BCUT2D eigenvalue weighted by Gasteiger charge is -2.12. The fourth-order valence-electron chi connectivity index (χ4n) is 3.44. The zero-order chi connectivity index (χ0) is 26.0. The van der Waals surface area contributed by atoms with Gasteiger partial charge in [-0.3, -0.25) is 10.1 Å². The minimum Gasteiger partial charge on any atom is -0.454 e. The molecular formula is C25H16F4N6O2. The van der Waals surface area contributed by atoms with E-state index in [1.54, 1.807) is 36.8 Å². The van der Waals surface area contributed by atoms with Crippen LogP contribution in [0.3, 0.4) is 0 Å². The Morgan fingerprint density at radius 1 is 0.919 bits per heavy atom. The van der Waals surface area contributed by atoms with Gasteiger partial charge in [-0.25, -0.2) is 14.2 Å². The fourth-order valence-corrected chi connectivity index (χ4v) is 3.44. The Morgan fingerprint density at radius 3 is 2.46 bits per heavy atom. The second-order valence-electron chi connectivity index (χ2n) is 7.80. The summed E-state index contributed by atoms with van der Waals surface area (Å²) < 4.78 is 58.9. The lowest BCUT2D eigenvalue weighted by Crippen LogP contribution is -2.20. The zero-order valence-electron chi connectivity index (χ0n) is 18.7. The Hall–Kier alpha value is -5.00. The van der Waals surface area contributed by atoms with Crippen LogP contribution in [0.1, 0.15) is 5.56 Å². The first kappa shape index (κ1) is 23.7. The van der Waals surface area contributed by atoms with Crippen LogP contribution in [-0.2, 0) is 6.18 Å². The maximum atomic E-state index is 14.7. The minimum absolute atomic E-state index is 0.0666. The molecule has 0 spiro atoms. The number of urea groups is 1. The Morgan fingerprint density at radius 2 is 1.73 bits per heavy atom. The molecule has 8 nitrogen and oxygen atoms in total. The van der Waals surface area contributed by atoms with Gasteiger partial charge in [0, 0.05) is 35.3 Å². The molecule has 12 heteroatoms. The third kappa shape index (κ3) is 5.48. The Labute approximate surface area is 206 Å². The molecule has 0 unspecified atom stereocenters. The Balaban J connectivity index is 1.28. The van der Waals surface area contributed by atoms with Crippen LogP contribution in [0.25, 0.3) is 22.3 Å². The SMILES string of the molecule is O=C(Nc1cccc(C(F)(F)F)c1)Nc1ccc(Oc2ccc3ncc(-c4cn[nH]c4)nc3c2)c(F)c1. The molecule has 2 amide bonds. The molecule has 0 aliphatic heterocycles. The van der Waals surface area contributed by atoms with Gasteiger partial charge in [-0.05, 0) is 42.5 Å². The summed E-state index contributed by atoms with van der Waals surface area (Å²) in [5.74, 6) is -0.564. The number of aromatic nitrogens is 4.